The van der Waals surface area contributed by atoms with Gasteiger partial charge in [-0.1, -0.05) is 0 Å². The van der Waals surface area contributed by atoms with Gasteiger partial charge in [0.25, 0.3) is 0 Å². The Morgan fingerprint density at radius 2 is 1.84 bits per heavy atom. The normalized spacial score (nSPS) is 32.8. The molecular weight excluding hydrogens is 273 g/mol. The Bertz CT molecular complexity index is 431. The Balaban J connectivity index is 1.90. The summed E-state index contributed by atoms with van der Waals surface area (Å²) in [6, 6.07) is 0.127. The van der Waals surface area contributed by atoms with Crippen molar-refractivity contribution in [1.29, 1.82) is 0 Å². The van der Waals surface area contributed by atoms with Gasteiger partial charge in [-0.25, -0.2) is 0 Å². The summed E-state index contributed by atoms with van der Waals surface area (Å²) in [6.45, 7) is 0.528. The fraction of sp³-hybridized carbons (Fsp3) is 0.917. The van der Waals surface area contributed by atoms with Crippen LogP contribution >= 0.6 is 0 Å². The summed E-state index contributed by atoms with van der Waals surface area (Å²) >= 11 is 0. The number of amides is 1. The SMILES string of the molecule is O=C1CC(CS(=O)(=O)F)CN1C1CCC(CO)CC1. The third-order valence-corrected chi connectivity index (χ3v) is 5.06. The predicted molar refractivity (Wildman–Crippen MR) is 67.5 cm³/mol. The van der Waals surface area contributed by atoms with E-state index >= 15 is 0 Å². The van der Waals surface area contributed by atoms with Crippen LogP contribution in [0.1, 0.15) is 32.1 Å². The smallest absolute Gasteiger partial charge is 0.302 e. The Hall–Kier alpha value is -0.690. The first-order valence-electron chi connectivity index (χ1n) is 6.71. The minimum absolute atomic E-state index is 0.0684. The number of likely N-dealkylation sites (tertiary alicyclic amines) is 1. The van der Waals surface area contributed by atoms with Crippen LogP contribution in [0.3, 0.4) is 0 Å². The molecule has 19 heavy (non-hydrogen) atoms. The Kier molecular flexibility index (Phi) is 4.45. The summed E-state index contributed by atoms with van der Waals surface area (Å²) in [6.07, 6.45) is 3.58. The van der Waals surface area contributed by atoms with Crippen molar-refractivity contribution in [1.82, 2.24) is 4.90 Å². The van der Waals surface area contributed by atoms with Crippen molar-refractivity contribution in [2.24, 2.45) is 11.8 Å². The number of aliphatic hydroxyl groups is 1. The molecule has 1 saturated heterocycles. The van der Waals surface area contributed by atoms with Crippen molar-refractivity contribution in [2.75, 3.05) is 18.9 Å². The zero-order valence-electron chi connectivity index (χ0n) is 10.8. The lowest BCUT2D eigenvalue weighted by atomic mass is 9.86. The number of carbonyl (C=O) groups excluding carboxylic acids is 1. The molecule has 1 atom stereocenters. The molecule has 0 spiro atoms. The zero-order valence-corrected chi connectivity index (χ0v) is 11.6. The van der Waals surface area contributed by atoms with Crippen molar-refractivity contribution in [3.8, 4) is 0 Å². The number of halogens is 1. The molecule has 0 aromatic rings. The number of aliphatic hydroxyl groups excluding tert-OH is 1. The van der Waals surface area contributed by atoms with Crippen molar-refractivity contribution in [3.63, 3.8) is 0 Å². The minimum Gasteiger partial charge on any atom is -0.396 e. The highest BCUT2D eigenvalue weighted by atomic mass is 32.3. The zero-order chi connectivity index (χ0) is 14.0. The van der Waals surface area contributed by atoms with Gasteiger partial charge < -0.3 is 10.0 Å². The molecule has 0 aromatic carbocycles. The molecule has 7 heteroatoms. The standard InChI is InChI=1S/C12H20FNO4S/c13-19(17,18)8-10-5-12(16)14(6-10)11-3-1-9(7-15)2-4-11/h9-11,15H,1-8H2. The first kappa shape index (κ1) is 14.7. The quantitative estimate of drug-likeness (QED) is 0.774. The average Bonchev–Trinajstić information content (AvgIpc) is 2.68. The van der Waals surface area contributed by atoms with Crippen molar-refractivity contribution in [2.45, 2.75) is 38.1 Å². The maximum atomic E-state index is 12.6. The number of nitrogens with zero attached hydrogens (tertiary/aromatic N) is 1. The van der Waals surface area contributed by atoms with E-state index < -0.39 is 21.9 Å². The summed E-state index contributed by atoms with van der Waals surface area (Å²) in [5, 5.41) is 9.08. The molecular formula is C12H20FNO4S. The van der Waals surface area contributed by atoms with Crippen LogP contribution < -0.4 is 0 Å². The number of hydrogen-bond donors (Lipinski definition) is 1. The fourth-order valence-corrected chi connectivity index (χ4v) is 3.98. The lowest BCUT2D eigenvalue weighted by Crippen LogP contribution is -2.39. The van der Waals surface area contributed by atoms with Gasteiger partial charge in [0, 0.05) is 31.5 Å². The summed E-state index contributed by atoms with van der Waals surface area (Å²) in [4.78, 5) is 13.6. The van der Waals surface area contributed by atoms with Gasteiger partial charge >= 0.3 is 10.2 Å². The number of rotatable bonds is 4. The van der Waals surface area contributed by atoms with E-state index in [1.807, 2.05) is 0 Å². The van der Waals surface area contributed by atoms with E-state index in [-0.39, 0.29) is 25.0 Å². The fourth-order valence-electron chi connectivity index (χ4n) is 3.19. The minimum atomic E-state index is -4.51. The van der Waals surface area contributed by atoms with Crippen LogP contribution in [0.2, 0.25) is 0 Å². The Labute approximate surface area is 113 Å². The summed E-state index contributed by atoms with van der Waals surface area (Å²) in [7, 11) is -4.51. The van der Waals surface area contributed by atoms with Crippen molar-refractivity contribution < 1.29 is 22.2 Å². The molecule has 1 aliphatic carbocycles. The van der Waals surface area contributed by atoms with Crippen LogP contribution in [0.25, 0.3) is 0 Å². The molecule has 1 N–H and O–H groups in total. The molecule has 1 amide bonds. The lowest BCUT2D eigenvalue weighted by Gasteiger charge is -2.34. The molecule has 1 unspecified atom stereocenters. The Morgan fingerprint density at radius 3 is 2.37 bits per heavy atom. The van der Waals surface area contributed by atoms with Gasteiger partial charge in [-0.05, 0) is 31.6 Å². The highest BCUT2D eigenvalue weighted by Gasteiger charge is 2.37. The molecule has 2 aliphatic rings. The molecule has 2 fully saturated rings. The highest BCUT2D eigenvalue weighted by molar-refractivity contribution is 7.86. The molecule has 0 bridgehead atoms. The van der Waals surface area contributed by atoms with Crippen LogP contribution in [0.5, 0.6) is 0 Å². The third kappa shape index (κ3) is 3.89. The second-order valence-electron chi connectivity index (χ2n) is 5.68. The molecule has 2 rings (SSSR count). The molecule has 110 valence electrons. The second-order valence-corrected chi connectivity index (χ2v) is 7.09. The summed E-state index contributed by atoms with van der Waals surface area (Å²) in [5.41, 5.74) is 0. The maximum absolute atomic E-state index is 12.6. The average molecular weight is 293 g/mol. The Morgan fingerprint density at radius 1 is 1.21 bits per heavy atom. The molecule has 5 nitrogen and oxygen atoms in total. The van der Waals surface area contributed by atoms with E-state index in [2.05, 4.69) is 0 Å². The van der Waals surface area contributed by atoms with Crippen LogP contribution in [-0.4, -0.2) is 49.3 Å². The van der Waals surface area contributed by atoms with Gasteiger partial charge in [-0.2, -0.15) is 8.42 Å². The van der Waals surface area contributed by atoms with Gasteiger partial charge in [0.2, 0.25) is 5.91 Å². The van der Waals surface area contributed by atoms with Gasteiger partial charge in [0.15, 0.2) is 0 Å². The lowest BCUT2D eigenvalue weighted by molar-refractivity contribution is -0.130. The molecule has 1 aliphatic heterocycles. The van der Waals surface area contributed by atoms with Gasteiger partial charge in [0.1, 0.15) is 0 Å². The maximum Gasteiger partial charge on any atom is 0.302 e. The van der Waals surface area contributed by atoms with Gasteiger partial charge in [-0.3, -0.25) is 4.79 Å². The molecule has 0 radical (unpaired) electrons. The highest BCUT2D eigenvalue weighted by Crippen LogP contribution is 2.31. The van der Waals surface area contributed by atoms with E-state index in [1.54, 1.807) is 4.90 Å². The van der Waals surface area contributed by atoms with Crippen LogP contribution in [-0.2, 0) is 15.0 Å². The summed E-state index contributed by atoms with van der Waals surface area (Å²) < 4.78 is 33.9. The van der Waals surface area contributed by atoms with Crippen LogP contribution in [0.15, 0.2) is 0 Å². The van der Waals surface area contributed by atoms with E-state index in [1.165, 1.54) is 0 Å². The van der Waals surface area contributed by atoms with E-state index in [9.17, 15) is 17.1 Å². The third-order valence-electron chi connectivity index (χ3n) is 4.19. The second kappa shape index (κ2) is 5.75. The van der Waals surface area contributed by atoms with Crippen LogP contribution in [0, 0.1) is 11.8 Å². The van der Waals surface area contributed by atoms with Crippen molar-refractivity contribution in [3.05, 3.63) is 0 Å². The van der Waals surface area contributed by atoms with E-state index in [0.29, 0.717) is 12.5 Å². The van der Waals surface area contributed by atoms with Gasteiger partial charge in [0.05, 0.1) is 5.75 Å². The molecule has 1 heterocycles. The van der Waals surface area contributed by atoms with E-state index in [4.69, 9.17) is 5.11 Å². The first-order chi connectivity index (χ1) is 8.89. The first-order valence-corrected chi connectivity index (χ1v) is 8.27. The van der Waals surface area contributed by atoms with Crippen LogP contribution in [0.4, 0.5) is 3.89 Å². The number of hydrogen-bond acceptors (Lipinski definition) is 4. The topological polar surface area (TPSA) is 74.7 Å². The van der Waals surface area contributed by atoms with Crippen molar-refractivity contribution >= 4 is 16.1 Å². The monoisotopic (exact) mass is 293 g/mol. The predicted octanol–water partition coefficient (Wildman–Crippen LogP) is 0.685. The largest absolute Gasteiger partial charge is 0.396 e. The summed E-state index contributed by atoms with van der Waals surface area (Å²) in [5.74, 6) is -0.726. The molecule has 0 aromatic heterocycles. The van der Waals surface area contributed by atoms with Gasteiger partial charge in [-0.15, -0.1) is 3.89 Å². The number of carbonyl (C=O) groups is 1. The van der Waals surface area contributed by atoms with E-state index in [0.717, 1.165) is 25.7 Å². The molecule has 1 saturated carbocycles.